The molecule has 3 nitrogen and oxygen atoms in total. The minimum Gasteiger partial charge on any atom is -0.376 e. The molecule has 17 heavy (non-hydrogen) atoms. The maximum Gasteiger partial charge on any atom is 0.113 e. The molecule has 96 valence electrons. The van der Waals surface area contributed by atoms with Crippen LogP contribution in [0.5, 0.6) is 0 Å². The van der Waals surface area contributed by atoms with Crippen molar-refractivity contribution in [2.75, 3.05) is 13.2 Å². The van der Waals surface area contributed by atoms with Crippen LogP contribution in [0.15, 0.2) is 0 Å². The van der Waals surface area contributed by atoms with Crippen molar-refractivity contribution in [2.45, 2.75) is 52.2 Å². The Kier molecular flexibility index (Phi) is 4.54. The van der Waals surface area contributed by atoms with E-state index in [2.05, 4.69) is 26.1 Å². The van der Waals surface area contributed by atoms with Gasteiger partial charge in [-0.2, -0.15) is 0 Å². The summed E-state index contributed by atoms with van der Waals surface area (Å²) in [4.78, 5) is 6.12. The molecule has 0 aromatic carbocycles. The van der Waals surface area contributed by atoms with Gasteiger partial charge in [-0.15, -0.1) is 11.3 Å². The minimum absolute atomic E-state index is 0.284. The molecule has 0 aliphatic carbocycles. The van der Waals surface area contributed by atoms with E-state index in [1.54, 1.807) is 0 Å². The number of aromatic nitrogens is 1. The smallest absolute Gasteiger partial charge is 0.113 e. The first-order valence-electron chi connectivity index (χ1n) is 6.57. The summed E-state index contributed by atoms with van der Waals surface area (Å²) < 4.78 is 5.81. The number of aryl methyl sites for hydroxylation is 2. The molecule has 0 amide bonds. The predicted octanol–water partition coefficient (Wildman–Crippen LogP) is 2.84. The molecule has 0 spiro atoms. The van der Waals surface area contributed by atoms with Crippen molar-refractivity contribution >= 4 is 11.3 Å². The molecule has 1 saturated heterocycles. The fourth-order valence-corrected chi connectivity index (χ4v) is 3.51. The molecule has 0 saturated carbocycles. The van der Waals surface area contributed by atoms with E-state index < -0.39 is 0 Å². The predicted molar refractivity (Wildman–Crippen MR) is 71.6 cm³/mol. The zero-order valence-electron chi connectivity index (χ0n) is 11.0. The first kappa shape index (κ1) is 13.0. The summed E-state index contributed by atoms with van der Waals surface area (Å²) >= 11 is 1.82. The summed E-state index contributed by atoms with van der Waals surface area (Å²) in [5, 5.41) is 4.73. The van der Waals surface area contributed by atoms with Gasteiger partial charge < -0.3 is 10.1 Å². The average Bonchev–Trinajstić information content (AvgIpc) is 2.95. The van der Waals surface area contributed by atoms with Gasteiger partial charge in [0, 0.05) is 11.5 Å². The molecule has 1 aromatic heterocycles. The lowest BCUT2D eigenvalue weighted by Gasteiger charge is -2.21. The average molecular weight is 254 g/mol. The quantitative estimate of drug-likeness (QED) is 0.877. The number of nitrogens with zero attached hydrogens (tertiary/aromatic N) is 1. The first-order valence-corrected chi connectivity index (χ1v) is 7.39. The normalized spacial score (nSPS) is 21.9. The second-order valence-corrected chi connectivity index (χ2v) is 5.73. The monoisotopic (exact) mass is 254 g/mol. The summed E-state index contributed by atoms with van der Waals surface area (Å²) in [5.74, 6) is 0. The Balaban J connectivity index is 2.18. The lowest BCUT2D eigenvalue weighted by atomic mass is 10.1. The molecule has 4 heteroatoms. The number of likely N-dealkylation sites (N-methyl/N-ethyl adjacent to an activating group) is 1. The minimum atomic E-state index is 0.284. The Morgan fingerprint density at radius 3 is 2.88 bits per heavy atom. The van der Waals surface area contributed by atoms with Gasteiger partial charge in [-0.25, -0.2) is 4.98 Å². The zero-order valence-corrected chi connectivity index (χ0v) is 11.8. The number of nitrogens with one attached hydrogen (secondary N) is 1. The number of ether oxygens (including phenoxy) is 1. The van der Waals surface area contributed by atoms with E-state index in [1.807, 2.05) is 11.3 Å². The van der Waals surface area contributed by atoms with Crippen molar-refractivity contribution in [1.29, 1.82) is 0 Å². The molecule has 2 heterocycles. The van der Waals surface area contributed by atoms with Gasteiger partial charge in [0.15, 0.2) is 0 Å². The van der Waals surface area contributed by atoms with Crippen molar-refractivity contribution in [3.8, 4) is 0 Å². The SMILES string of the molecule is CCNC(c1nc(CC)c(C)s1)C1CCCO1. The van der Waals surface area contributed by atoms with Gasteiger partial charge in [-0.05, 0) is 32.7 Å². The van der Waals surface area contributed by atoms with Crippen molar-refractivity contribution < 1.29 is 4.74 Å². The van der Waals surface area contributed by atoms with E-state index in [4.69, 9.17) is 9.72 Å². The standard InChI is InChI=1S/C13H22N2OS/c1-4-10-9(3)17-13(15-10)12(14-5-2)11-7-6-8-16-11/h11-12,14H,4-8H2,1-3H3. The van der Waals surface area contributed by atoms with Crippen LogP contribution >= 0.6 is 11.3 Å². The molecule has 1 aliphatic rings. The third kappa shape index (κ3) is 2.87. The van der Waals surface area contributed by atoms with Gasteiger partial charge in [0.2, 0.25) is 0 Å². The fraction of sp³-hybridized carbons (Fsp3) is 0.769. The highest BCUT2D eigenvalue weighted by Crippen LogP contribution is 2.31. The second kappa shape index (κ2) is 5.94. The van der Waals surface area contributed by atoms with Crippen LogP contribution in [0.1, 0.15) is 48.3 Å². The molecule has 0 radical (unpaired) electrons. The molecular weight excluding hydrogens is 232 g/mol. The Hall–Kier alpha value is -0.450. The van der Waals surface area contributed by atoms with E-state index in [0.29, 0.717) is 6.10 Å². The number of rotatable bonds is 5. The molecule has 2 atom stereocenters. The van der Waals surface area contributed by atoms with Gasteiger partial charge in [0.25, 0.3) is 0 Å². The maximum atomic E-state index is 5.81. The Morgan fingerprint density at radius 1 is 1.53 bits per heavy atom. The summed E-state index contributed by atoms with van der Waals surface area (Å²) in [5.41, 5.74) is 1.24. The number of hydrogen-bond donors (Lipinski definition) is 1. The van der Waals surface area contributed by atoms with Crippen LogP contribution < -0.4 is 5.32 Å². The lowest BCUT2D eigenvalue weighted by molar-refractivity contribution is 0.0787. The third-order valence-corrected chi connectivity index (χ3v) is 4.37. The Morgan fingerprint density at radius 2 is 2.35 bits per heavy atom. The molecule has 1 aliphatic heterocycles. The molecule has 2 unspecified atom stereocenters. The van der Waals surface area contributed by atoms with Crippen LogP contribution in [0.25, 0.3) is 0 Å². The Bertz CT molecular complexity index is 358. The first-order chi connectivity index (χ1) is 8.26. The zero-order chi connectivity index (χ0) is 12.3. The third-order valence-electron chi connectivity index (χ3n) is 3.27. The highest BCUT2D eigenvalue weighted by Gasteiger charge is 2.29. The van der Waals surface area contributed by atoms with Crippen molar-refractivity contribution in [1.82, 2.24) is 10.3 Å². The van der Waals surface area contributed by atoms with Crippen molar-refractivity contribution in [3.05, 3.63) is 15.6 Å². The fourth-order valence-electron chi connectivity index (χ4n) is 2.37. The van der Waals surface area contributed by atoms with Crippen molar-refractivity contribution in [3.63, 3.8) is 0 Å². The van der Waals surface area contributed by atoms with E-state index >= 15 is 0 Å². The Labute approximate surface area is 108 Å². The largest absolute Gasteiger partial charge is 0.376 e. The van der Waals surface area contributed by atoms with Crippen LogP contribution in [-0.2, 0) is 11.2 Å². The molecule has 1 N–H and O–H groups in total. The van der Waals surface area contributed by atoms with Crippen LogP contribution in [-0.4, -0.2) is 24.2 Å². The topological polar surface area (TPSA) is 34.2 Å². The van der Waals surface area contributed by atoms with Crippen molar-refractivity contribution in [2.24, 2.45) is 0 Å². The number of hydrogen-bond acceptors (Lipinski definition) is 4. The summed E-state index contributed by atoms with van der Waals surface area (Å²) in [6, 6.07) is 0.284. The van der Waals surface area contributed by atoms with E-state index in [-0.39, 0.29) is 6.04 Å². The van der Waals surface area contributed by atoms with Gasteiger partial charge in [0.05, 0.1) is 17.8 Å². The van der Waals surface area contributed by atoms with E-state index in [9.17, 15) is 0 Å². The summed E-state index contributed by atoms with van der Waals surface area (Å²) in [6.45, 7) is 8.34. The molecule has 0 bridgehead atoms. The van der Waals surface area contributed by atoms with Gasteiger partial charge in [0.1, 0.15) is 5.01 Å². The van der Waals surface area contributed by atoms with E-state index in [0.717, 1.165) is 26.0 Å². The second-order valence-electron chi connectivity index (χ2n) is 4.50. The summed E-state index contributed by atoms with van der Waals surface area (Å²) in [6.07, 6.45) is 3.66. The highest BCUT2D eigenvalue weighted by molar-refractivity contribution is 7.11. The summed E-state index contributed by atoms with van der Waals surface area (Å²) in [7, 11) is 0. The van der Waals surface area contributed by atoms with Crippen LogP contribution in [0.2, 0.25) is 0 Å². The van der Waals surface area contributed by atoms with Crippen LogP contribution in [0.4, 0.5) is 0 Å². The maximum absolute atomic E-state index is 5.81. The van der Waals surface area contributed by atoms with Gasteiger partial charge >= 0.3 is 0 Å². The van der Waals surface area contributed by atoms with Gasteiger partial charge in [-0.1, -0.05) is 13.8 Å². The lowest BCUT2D eigenvalue weighted by Crippen LogP contribution is -2.31. The van der Waals surface area contributed by atoms with Gasteiger partial charge in [-0.3, -0.25) is 0 Å². The number of thiazole rings is 1. The molecule has 1 aromatic rings. The van der Waals surface area contributed by atoms with Crippen LogP contribution in [0, 0.1) is 6.92 Å². The van der Waals surface area contributed by atoms with Crippen LogP contribution in [0.3, 0.4) is 0 Å². The molecular formula is C13H22N2OS. The van der Waals surface area contributed by atoms with E-state index in [1.165, 1.54) is 22.0 Å². The highest BCUT2D eigenvalue weighted by atomic mass is 32.1. The molecule has 1 fully saturated rings. The molecule has 2 rings (SSSR count).